The highest BCUT2D eigenvalue weighted by Crippen LogP contribution is 2.18. The van der Waals surface area contributed by atoms with Crippen molar-refractivity contribution >= 4 is 22.8 Å². The van der Waals surface area contributed by atoms with Crippen molar-refractivity contribution in [2.45, 2.75) is 0 Å². The number of hydrogen-bond acceptors (Lipinski definition) is 5. The molecule has 0 aliphatic carbocycles. The Hall–Kier alpha value is -2.21. The van der Waals surface area contributed by atoms with Crippen LogP contribution in [0, 0.1) is 0 Å². The maximum absolute atomic E-state index is 10.9. The average Bonchev–Trinajstić information content (AvgIpc) is 2.47. The van der Waals surface area contributed by atoms with Crippen LogP contribution in [0.25, 0.3) is 11.0 Å². The van der Waals surface area contributed by atoms with Gasteiger partial charge >= 0.3 is 5.97 Å². The minimum absolute atomic E-state index is 0.184. The molecule has 19 heavy (non-hydrogen) atoms. The first kappa shape index (κ1) is 11.9. The Kier molecular flexibility index (Phi) is 3.00. The molecule has 2 aromatic heterocycles. The number of nitrogens with one attached hydrogen (secondary N) is 1. The van der Waals surface area contributed by atoms with E-state index in [0.29, 0.717) is 5.65 Å². The van der Waals surface area contributed by atoms with Gasteiger partial charge in [-0.2, -0.15) is 0 Å². The molecule has 6 nitrogen and oxygen atoms in total. The molecule has 0 radical (unpaired) electrons. The second-order valence-corrected chi connectivity index (χ2v) is 4.48. The Balaban J connectivity index is 1.97. The summed E-state index contributed by atoms with van der Waals surface area (Å²) >= 11 is 0. The van der Waals surface area contributed by atoms with Crippen molar-refractivity contribution in [3.63, 3.8) is 0 Å². The smallest absolute Gasteiger partial charge is 0.337 e. The summed E-state index contributed by atoms with van der Waals surface area (Å²) in [5.74, 6) is -0.0786. The number of carbonyl (C=O) groups is 1. The van der Waals surface area contributed by atoms with E-state index in [4.69, 9.17) is 5.11 Å². The van der Waals surface area contributed by atoms with Gasteiger partial charge < -0.3 is 15.3 Å². The van der Waals surface area contributed by atoms with Crippen LogP contribution in [0.1, 0.15) is 10.4 Å². The molecule has 1 fully saturated rings. The highest BCUT2D eigenvalue weighted by atomic mass is 16.4. The van der Waals surface area contributed by atoms with Crippen molar-refractivity contribution in [3.05, 3.63) is 30.0 Å². The zero-order valence-electron chi connectivity index (χ0n) is 10.3. The van der Waals surface area contributed by atoms with Gasteiger partial charge in [0.05, 0.1) is 5.56 Å². The van der Waals surface area contributed by atoms with Crippen molar-refractivity contribution in [3.8, 4) is 0 Å². The number of aromatic nitrogens is 2. The molecule has 0 atom stereocenters. The van der Waals surface area contributed by atoms with Gasteiger partial charge in [0.1, 0.15) is 5.82 Å². The fourth-order valence-electron chi connectivity index (χ4n) is 2.19. The van der Waals surface area contributed by atoms with E-state index in [0.717, 1.165) is 37.4 Å². The largest absolute Gasteiger partial charge is 0.478 e. The van der Waals surface area contributed by atoms with Crippen molar-refractivity contribution in [1.29, 1.82) is 0 Å². The Labute approximate surface area is 110 Å². The van der Waals surface area contributed by atoms with Gasteiger partial charge in [0, 0.05) is 37.8 Å². The van der Waals surface area contributed by atoms with E-state index in [1.165, 1.54) is 6.20 Å². The van der Waals surface area contributed by atoms with Gasteiger partial charge in [0.25, 0.3) is 0 Å². The molecule has 3 heterocycles. The lowest BCUT2D eigenvalue weighted by molar-refractivity contribution is 0.0696. The summed E-state index contributed by atoms with van der Waals surface area (Å²) in [5.41, 5.74) is 0.769. The number of fused-ring (bicyclic) bond motifs is 1. The predicted octanol–water partition coefficient (Wildman–Crippen LogP) is 0.738. The second kappa shape index (κ2) is 4.81. The summed E-state index contributed by atoms with van der Waals surface area (Å²) < 4.78 is 0. The summed E-state index contributed by atoms with van der Waals surface area (Å²) in [6.07, 6.45) is 1.35. The predicted molar refractivity (Wildman–Crippen MR) is 71.6 cm³/mol. The molecule has 0 bridgehead atoms. The zero-order chi connectivity index (χ0) is 13.2. The number of nitrogens with zero attached hydrogens (tertiary/aromatic N) is 3. The molecular weight excluding hydrogens is 244 g/mol. The van der Waals surface area contributed by atoms with Gasteiger partial charge in [0.15, 0.2) is 5.65 Å². The SMILES string of the molecule is O=C(O)c1cnc2nc(N3CCNCC3)ccc2c1. The normalized spacial score (nSPS) is 15.7. The summed E-state index contributed by atoms with van der Waals surface area (Å²) in [6.45, 7) is 3.74. The van der Waals surface area contributed by atoms with E-state index in [1.807, 2.05) is 12.1 Å². The van der Waals surface area contributed by atoms with E-state index in [9.17, 15) is 4.79 Å². The number of aromatic carboxylic acids is 1. The molecule has 0 aromatic carbocycles. The fourth-order valence-corrected chi connectivity index (χ4v) is 2.19. The first-order valence-corrected chi connectivity index (χ1v) is 6.20. The second-order valence-electron chi connectivity index (χ2n) is 4.48. The number of carboxylic acid groups (broad SMARTS) is 1. The van der Waals surface area contributed by atoms with E-state index in [2.05, 4.69) is 20.2 Å². The average molecular weight is 258 g/mol. The standard InChI is InChI=1S/C13H14N4O2/c18-13(19)10-7-9-1-2-11(16-12(9)15-8-10)17-5-3-14-4-6-17/h1-2,7-8,14H,3-6H2,(H,18,19). The molecule has 0 amide bonds. The number of hydrogen-bond donors (Lipinski definition) is 2. The fraction of sp³-hybridized carbons (Fsp3) is 0.308. The molecule has 0 saturated carbocycles. The minimum atomic E-state index is -0.972. The van der Waals surface area contributed by atoms with Gasteiger partial charge in [-0.3, -0.25) is 0 Å². The van der Waals surface area contributed by atoms with Crippen molar-refractivity contribution in [2.24, 2.45) is 0 Å². The Morgan fingerprint density at radius 2 is 2.11 bits per heavy atom. The van der Waals surface area contributed by atoms with E-state index >= 15 is 0 Å². The summed E-state index contributed by atoms with van der Waals surface area (Å²) in [4.78, 5) is 21.7. The highest BCUT2D eigenvalue weighted by Gasteiger charge is 2.13. The van der Waals surface area contributed by atoms with Crippen molar-refractivity contribution < 1.29 is 9.90 Å². The van der Waals surface area contributed by atoms with Crippen LogP contribution in [0.4, 0.5) is 5.82 Å². The summed E-state index contributed by atoms with van der Waals surface area (Å²) in [5, 5.41) is 13.0. The van der Waals surface area contributed by atoms with Crippen LogP contribution in [-0.4, -0.2) is 47.2 Å². The monoisotopic (exact) mass is 258 g/mol. The number of anilines is 1. The summed E-state index contributed by atoms with van der Waals surface area (Å²) in [6, 6.07) is 5.39. The van der Waals surface area contributed by atoms with Crippen LogP contribution >= 0.6 is 0 Å². The third-order valence-electron chi connectivity index (χ3n) is 3.22. The van der Waals surface area contributed by atoms with Crippen LogP contribution in [0.15, 0.2) is 24.4 Å². The third-order valence-corrected chi connectivity index (χ3v) is 3.22. The Morgan fingerprint density at radius 3 is 2.84 bits per heavy atom. The molecule has 1 saturated heterocycles. The van der Waals surface area contributed by atoms with Crippen molar-refractivity contribution in [1.82, 2.24) is 15.3 Å². The molecule has 2 aromatic rings. The van der Waals surface area contributed by atoms with Crippen LogP contribution in [0.2, 0.25) is 0 Å². The lowest BCUT2D eigenvalue weighted by Crippen LogP contribution is -2.43. The first-order valence-electron chi connectivity index (χ1n) is 6.20. The molecule has 6 heteroatoms. The maximum Gasteiger partial charge on any atom is 0.337 e. The topological polar surface area (TPSA) is 78.3 Å². The van der Waals surface area contributed by atoms with E-state index < -0.39 is 5.97 Å². The number of piperazine rings is 1. The first-order chi connectivity index (χ1) is 9.24. The van der Waals surface area contributed by atoms with E-state index in [-0.39, 0.29) is 5.56 Å². The molecule has 0 unspecified atom stereocenters. The molecular formula is C13H14N4O2. The molecule has 1 aliphatic heterocycles. The maximum atomic E-state index is 10.9. The van der Waals surface area contributed by atoms with Gasteiger partial charge in [-0.1, -0.05) is 0 Å². The minimum Gasteiger partial charge on any atom is -0.478 e. The van der Waals surface area contributed by atoms with Crippen molar-refractivity contribution in [2.75, 3.05) is 31.1 Å². The van der Waals surface area contributed by atoms with Crippen LogP contribution < -0.4 is 10.2 Å². The van der Waals surface area contributed by atoms with Gasteiger partial charge in [-0.05, 0) is 18.2 Å². The lowest BCUT2D eigenvalue weighted by atomic mass is 10.2. The number of carboxylic acids is 1. The van der Waals surface area contributed by atoms with Crippen LogP contribution in [0.3, 0.4) is 0 Å². The van der Waals surface area contributed by atoms with Crippen LogP contribution in [-0.2, 0) is 0 Å². The molecule has 0 spiro atoms. The van der Waals surface area contributed by atoms with Gasteiger partial charge in [-0.15, -0.1) is 0 Å². The summed E-state index contributed by atoms with van der Waals surface area (Å²) in [7, 11) is 0. The molecule has 98 valence electrons. The quantitative estimate of drug-likeness (QED) is 0.827. The zero-order valence-corrected chi connectivity index (χ0v) is 10.3. The van der Waals surface area contributed by atoms with Gasteiger partial charge in [-0.25, -0.2) is 14.8 Å². The Bertz CT molecular complexity index is 623. The molecule has 3 rings (SSSR count). The van der Waals surface area contributed by atoms with E-state index in [1.54, 1.807) is 6.07 Å². The number of pyridine rings is 2. The van der Waals surface area contributed by atoms with Gasteiger partial charge in [0.2, 0.25) is 0 Å². The number of rotatable bonds is 2. The lowest BCUT2D eigenvalue weighted by Gasteiger charge is -2.28. The molecule has 1 aliphatic rings. The third kappa shape index (κ3) is 2.34. The van der Waals surface area contributed by atoms with Crippen LogP contribution in [0.5, 0.6) is 0 Å². The highest BCUT2D eigenvalue weighted by molar-refractivity contribution is 5.91. The molecule has 2 N–H and O–H groups in total. The Morgan fingerprint density at radius 1 is 1.32 bits per heavy atom.